The van der Waals surface area contributed by atoms with Crippen LogP contribution >= 0.6 is 0 Å². The number of nitrogens with zero attached hydrogens (tertiary/aromatic N) is 2. The minimum absolute atomic E-state index is 0.255. The fourth-order valence-electron chi connectivity index (χ4n) is 3.07. The second kappa shape index (κ2) is 9.20. The minimum atomic E-state index is -0.255. The number of nitrogens with one attached hydrogen (secondary N) is 2. The highest BCUT2D eigenvalue weighted by atomic mass is 16.5. The van der Waals surface area contributed by atoms with Gasteiger partial charge in [0.2, 0.25) is 5.88 Å². The van der Waals surface area contributed by atoms with Gasteiger partial charge in [0.05, 0.1) is 19.0 Å². The Hall–Kier alpha value is -2.60. The van der Waals surface area contributed by atoms with E-state index in [1.54, 1.807) is 25.4 Å². The van der Waals surface area contributed by atoms with E-state index in [9.17, 15) is 4.79 Å². The average Bonchev–Trinajstić information content (AvgIpc) is 2.69. The van der Waals surface area contributed by atoms with Gasteiger partial charge < -0.3 is 15.4 Å². The summed E-state index contributed by atoms with van der Waals surface area (Å²) in [5, 5.41) is 5.61. The number of carbonyl (C=O) groups excluding carboxylic acids is 1. The van der Waals surface area contributed by atoms with E-state index in [1.165, 1.54) is 37.9 Å². The van der Waals surface area contributed by atoms with Crippen LogP contribution in [0, 0.1) is 0 Å². The summed E-state index contributed by atoms with van der Waals surface area (Å²) in [7, 11) is 1.56. The summed E-state index contributed by atoms with van der Waals surface area (Å²) in [6, 6.07) is 11.7. The second-order valence-corrected chi connectivity index (χ2v) is 6.55. The molecule has 138 valence electrons. The fourth-order valence-corrected chi connectivity index (χ4v) is 3.07. The lowest BCUT2D eigenvalue weighted by Crippen LogP contribution is -2.29. The maximum atomic E-state index is 12.0. The van der Waals surface area contributed by atoms with E-state index in [2.05, 4.69) is 44.8 Å². The van der Waals surface area contributed by atoms with Crippen LogP contribution in [0.1, 0.15) is 30.4 Å². The first kappa shape index (κ1) is 18.2. The quantitative estimate of drug-likeness (QED) is 0.834. The molecule has 2 amide bonds. The van der Waals surface area contributed by atoms with Crippen LogP contribution in [0.25, 0.3) is 0 Å². The van der Waals surface area contributed by atoms with Crippen molar-refractivity contribution in [3.8, 4) is 5.88 Å². The van der Waals surface area contributed by atoms with Crippen LogP contribution in [0.15, 0.2) is 42.6 Å². The van der Waals surface area contributed by atoms with Crippen molar-refractivity contribution in [1.82, 2.24) is 15.2 Å². The van der Waals surface area contributed by atoms with Crippen LogP contribution in [-0.4, -0.2) is 36.1 Å². The summed E-state index contributed by atoms with van der Waals surface area (Å²) in [4.78, 5) is 18.5. The molecule has 0 aliphatic carbocycles. The third-order valence-electron chi connectivity index (χ3n) is 4.53. The highest BCUT2D eigenvalue weighted by Crippen LogP contribution is 2.14. The molecule has 0 unspecified atom stereocenters. The normalized spacial score (nSPS) is 14.7. The van der Waals surface area contributed by atoms with Gasteiger partial charge in [-0.25, -0.2) is 9.78 Å². The van der Waals surface area contributed by atoms with Crippen molar-refractivity contribution >= 4 is 11.7 Å². The van der Waals surface area contributed by atoms with Gasteiger partial charge in [-0.05, 0) is 43.1 Å². The van der Waals surface area contributed by atoms with E-state index in [0.717, 1.165) is 12.1 Å². The van der Waals surface area contributed by atoms with Gasteiger partial charge in [-0.2, -0.15) is 0 Å². The van der Waals surface area contributed by atoms with E-state index >= 15 is 0 Å². The van der Waals surface area contributed by atoms with Gasteiger partial charge in [0.25, 0.3) is 0 Å². The zero-order valence-corrected chi connectivity index (χ0v) is 15.2. The van der Waals surface area contributed by atoms with E-state index in [0.29, 0.717) is 18.1 Å². The van der Waals surface area contributed by atoms with Gasteiger partial charge in [-0.3, -0.25) is 4.90 Å². The molecule has 3 rings (SSSR count). The molecular weight excluding hydrogens is 328 g/mol. The largest absolute Gasteiger partial charge is 0.481 e. The molecule has 2 aromatic rings. The number of carbonyl (C=O) groups is 1. The lowest BCUT2D eigenvalue weighted by Gasteiger charge is -2.26. The zero-order valence-electron chi connectivity index (χ0n) is 15.2. The molecule has 6 nitrogen and oxygen atoms in total. The Morgan fingerprint density at radius 1 is 1.08 bits per heavy atom. The number of benzene rings is 1. The molecule has 26 heavy (non-hydrogen) atoms. The molecule has 0 atom stereocenters. The molecule has 1 aliphatic heterocycles. The van der Waals surface area contributed by atoms with Crippen molar-refractivity contribution in [2.75, 3.05) is 25.5 Å². The number of pyridine rings is 1. The summed E-state index contributed by atoms with van der Waals surface area (Å²) in [5.74, 6) is 0.514. The summed E-state index contributed by atoms with van der Waals surface area (Å²) in [6.45, 7) is 3.89. The monoisotopic (exact) mass is 354 g/mol. The number of amides is 2. The molecule has 0 bridgehead atoms. The summed E-state index contributed by atoms with van der Waals surface area (Å²) in [6.07, 6.45) is 5.53. The highest BCUT2D eigenvalue weighted by molar-refractivity contribution is 5.88. The second-order valence-electron chi connectivity index (χ2n) is 6.55. The predicted molar refractivity (Wildman–Crippen MR) is 102 cm³/mol. The molecule has 1 fully saturated rings. The van der Waals surface area contributed by atoms with Crippen LogP contribution < -0.4 is 15.4 Å². The summed E-state index contributed by atoms with van der Waals surface area (Å²) >= 11 is 0. The first-order valence-electron chi connectivity index (χ1n) is 9.08. The zero-order chi connectivity index (χ0) is 18.2. The van der Waals surface area contributed by atoms with E-state index in [4.69, 9.17) is 4.74 Å². The van der Waals surface area contributed by atoms with Crippen LogP contribution in [0.5, 0.6) is 5.88 Å². The Labute approximate surface area is 154 Å². The van der Waals surface area contributed by atoms with Crippen molar-refractivity contribution in [1.29, 1.82) is 0 Å². The molecule has 1 aliphatic rings. The van der Waals surface area contributed by atoms with Crippen molar-refractivity contribution < 1.29 is 9.53 Å². The lowest BCUT2D eigenvalue weighted by atomic mass is 10.1. The van der Waals surface area contributed by atoms with Crippen LogP contribution in [0.3, 0.4) is 0 Å². The molecule has 0 radical (unpaired) electrons. The predicted octanol–water partition coefficient (Wildman–Crippen LogP) is 3.40. The van der Waals surface area contributed by atoms with Gasteiger partial charge in [-0.15, -0.1) is 0 Å². The highest BCUT2D eigenvalue weighted by Gasteiger charge is 2.10. The Balaban J connectivity index is 1.44. The number of anilines is 1. The maximum absolute atomic E-state index is 12.0. The SMILES string of the molecule is COc1ccc(NC(=O)NCc2ccc(CN3CCCCC3)cc2)cn1. The molecular formula is C20H26N4O2. The van der Waals surface area contributed by atoms with Gasteiger partial charge in [-0.1, -0.05) is 30.7 Å². The molecule has 1 saturated heterocycles. The van der Waals surface area contributed by atoms with E-state index < -0.39 is 0 Å². The first-order chi connectivity index (χ1) is 12.7. The third-order valence-corrected chi connectivity index (χ3v) is 4.53. The van der Waals surface area contributed by atoms with E-state index in [1.807, 2.05) is 0 Å². The number of aromatic nitrogens is 1. The number of methoxy groups -OCH3 is 1. The molecule has 1 aromatic carbocycles. The average molecular weight is 354 g/mol. The number of rotatable bonds is 6. The first-order valence-corrected chi connectivity index (χ1v) is 9.08. The van der Waals surface area contributed by atoms with E-state index in [-0.39, 0.29) is 6.03 Å². The molecule has 2 N–H and O–H groups in total. The van der Waals surface area contributed by atoms with Crippen molar-refractivity contribution in [3.63, 3.8) is 0 Å². The van der Waals surface area contributed by atoms with Gasteiger partial charge in [0.15, 0.2) is 0 Å². The summed E-state index contributed by atoms with van der Waals surface area (Å²) < 4.78 is 4.99. The topological polar surface area (TPSA) is 66.5 Å². The lowest BCUT2D eigenvalue weighted by molar-refractivity contribution is 0.221. The van der Waals surface area contributed by atoms with Crippen molar-refractivity contribution in [2.24, 2.45) is 0 Å². The van der Waals surface area contributed by atoms with Crippen molar-refractivity contribution in [2.45, 2.75) is 32.4 Å². The van der Waals surface area contributed by atoms with Crippen LogP contribution in [-0.2, 0) is 13.1 Å². The number of hydrogen-bond acceptors (Lipinski definition) is 4. The van der Waals surface area contributed by atoms with Crippen LogP contribution in [0.4, 0.5) is 10.5 Å². The Morgan fingerprint density at radius 2 is 1.81 bits per heavy atom. The number of piperidine rings is 1. The number of hydrogen-bond donors (Lipinski definition) is 2. The Morgan fingerprint density at radius 3 is 2.46 bits per heavy atom. The van der Waals surface area contributed by atoms with Gasteiger partial charge in [0.1, 0.15) is 0 Å². The van der Waals surface area contributed by atoms with Crippen LogP contribution in [0.2, 0.25) is 0 Å². The van der Waals surface area contributed by atoms with Crippen molar-refractivity contribution in [3.05, 3.63) is 53.7 Å². The molecule has 0 saturated carbocycles. The van der Waals surface area contributed by atoms with Gasteiger partial charge >= 0.3 is 6.03 Å². The molecule has 0 spiro atoms. The smallest absolute Gasteiger partial charge is 0.319 e. The Bertz CT molecular complexity index is 695. The number of urea groups is 1. The standard InChI is InChI=1S/C20H26N4O2/c1-26-19-10-9-18(14-21-19)23-20(25)22-13-16-5-7-17(8-6-16)15-24-11-3-2-4-12-24/h5-10,14H,2-4,11-13,15H2,1H3,(H2,22,23,25). The Kier molecular flexibility index (Phi) is 6.44. The maximum Gasteiger partial charge on any atom is 0.319 e. The van der Waals surface area contributed by atoms with Gasteiger partial charge in [0, 0.05) is 19.2 Å². The third kappa shape index (κ3) is 5.46. The molecule has 1 aromatic heterocycles. The fraction of sp³-hybridized carbons (Fsp3) is 0.400. The molecule has 6 heteroatoms. The molecule has 2 heterocycles. The number of likely N-dealkylation sites (tertiary alicyclic amines) is 1. The minimum Gasteiger partial charge on any atom is -0.481 e. The number of ether oxygens (including phenoxy) is 1. The summed E-state index contributed by atoms with van der Waals surface area (Å²) in [5.41, 5.74) is 3.03.